The highest BCUT2D eigenvalue weighted by Gasteiger charge is 2.08. The van der Waals surface area contributed by atoms with Crippen molar-refractivity contribution >= 4 is 22.7 Å². The second kappa shape index (κ2) is 5.52. The topological polar surface area (TPSA) is 24.9 Å². The quantitative estimate of drug-likeness (QED) is 0.836. The van der Waals surface area contributed by atoms with Crippen molar-refractivity contribution in [2.45, 2.75) is 30.7 Å². The molecule has 1 heterocycles. The molecule has 0 atom stereocenters. The van der Waals surface area contributed by atoms with Gasteiger partial charge in [0, 0.05) is 17.2 Å². The SMILES string of the molecule is CNCc1cc2ccccc2nc1SC(C)C. The Morgan fingerprint density at radius 2 is 2.06 bits per heavy atom. The summed E-state index contributed by atoms with van der Waals surface area (Å²) < 4.78 is 0. The molecule has 0 saturated carbocycles. The third kappa shape index (κ3) is 2.99. The molecule has 0 bridgehead atoms. The lowest BCUT2D eigenvalue weighted by molar-refractivity contribution is 0.793. The largest absolute Gasteiger partial charge is 0.316 e. The van der Waals surface area contributed by atoms with Crippen LogP contribution in [-0.4, -0.2) is 17.3 Å². The third-order valence-corrected chi connectivity index (χ3v) is 3.53. The van der Waals surface area contributed by atoms with Crippen molar-refractivity contribution in [3.05, 3.63) is 35.9 Å². The summed E-state index contributed by atoms with van der Waals surface area (Å²) in [5.74, 6) is 0. The number of hydrogen-bond acceptors (Lipinski definition) is 3. The second-order valence-corrected chi connectivity index (χ2v) is 5.91. The van der Waals surface area contributed by atoms with Crippen molar-refractivity contribution < 1.29 is 0 Å². The van der Waals surface area contributed by atoms with Crippen LogP contribution in [0.15, 0.2) is 35.4 Å². The number of para-hydroxylation sites is 1. The van der Waals surface area contributed by atoms with E-state index in [1.54, 1.807) is 0 Å². The lowest BCUT2D eigenvalue weighted by Crippen LogP contribution is -2.08. The van der Waals surface area contributed by atoms with Gasteiger partial charge in [-0.2, -0.15) is 0 Å². The van der Waals surface area contributed by atoms with Crippen LogP contribution in [-0.2, 0) is 6.54 Å². The Labute approximate surface area is 107 Å². The first-order valence-electron chi connectivity index (χ1n) is 5.90. The molecule has 0 aliphatic heterocycles. The molecule has 0 spiro atoms. The molecular weight excluding hydrogens is 228 g/mol. The van der Waals surface area contributed by atoms with Gasteiger partial charge in [0.15, 0.2) is 0 Å². The number of fused-ring (bicyclic) bond motifs is 1. The fraction of sp³-hybridized carbons (Fsp3) is 0.357. The third-order valence-electron chi connectivity index (χ3n) is 2.48. The van der Waals surface area contributed by atoms with E-state index in [1.807, 2.05) is 24.9 Å². The van der Waals surface area contributed by atoms with Gasteiger partial charge in [-0.15, -0.1) is 11.8 Å². The molecule has 0 unspecified atom stereocenters. The fourth-order valence-electron chi connectivity index (χ4n) is 1.78. The van der Waals surface area contributed by atoms with Crippen LogP contribution in [0.3, 0.4) is 0 Å². The molecule has 0 aliphatic carbocycles. The number of rotatable bonds is 4. The minimum absolute atomic E-state index is 0.555. The molecule has 2 nitrogen and oxygen atoms in total. The van der Waals surface area contributed by atoms with Crippen LogP contribution >= 0.6 is 11.8 Å². The van der Waals surface area contributed by atoms with Crippen molar-refractivity contribution in [2.24, 2.45) is 0 Å². The van der Waals surface area contributed by atoms with Gasteiger partial charge in [0.1, 0.15) is 5.03 Å². The zero-order valence-corrected chi connectivity index (χ0v) is 11.3. The lowest BCUT2D eigenvalue weighted by Gasteiger charge is -2.11. The van der Waals surface area contributed by atoms with Crippen LogP contribution in [0.25, 0.3) is 10.9 Å². The average molecular weight is 246 g/mol. The van der Waals surface area contributed by atoms with E-state index in [0.717, 1.165) is 17.1 Å². The van der Waals surface area contributed by atoms with E-state index in [-0.39, 0.29) is 0 Å². The predicted octanol–water partition coefficient (Wildman–Crippen LogP) is 3.45. The summed E-state index contributed by atoms with van der Waals surface area (Å²) in [6.45, 7) is 5.27. The van der Waals surface area contributed by atoms with Gasteiger partial charge in [-0.1, -0.05) is 32.0 Å². The number of nitrogens with zero attached hydrogens (tertiary/aromatic N) is 1. The molecule has 17 heavy (non-hydrogen) atoms. The van der Waals surface area contributed by atoms with Crippen molar-refractivity contribution in [1.29, 1.82) is 0 Å². The highest BCUT2D eigenvalue weighted by Crippen LogP contribution is 2.27. The number of aromatic nitrogens is 1. The first kappa shape index (κ1) is 12.4. The monoisotopic (exact) mass is 246 g/mol. The van der Waals surface area contributed by atoms with E-state index >= 15 is 0 Å². The van der Waals surface area contributed by atoms with Gasteiger partial charge in [0.25, 0.3) is 0 Å². The number of nitrogens with one attached hydrogen (secondary N) is 1. The summed E-state index contributed by atoms with van der Waals surface area (Å²) >= 11 is 1.83. The summed E-state index contributed by atoms with van der Waals surface area (Å²) in [6, 6.07) is 10.5. The maximum Gasteiger partial charge on any atom is 0.101 e. The summed E-state index contributed by atoms with van der Waals surface area (Å²) in [5.41, 5.74) is 2.36. The molecule has 0 fully saturated rings. The fourth-order valence-corrected chi connectivity index (χ4v) is 2.66. The van der Waals surface area contributed by atoms with Crippen LogP contribution < -0.4 is 5.32 Å². The Balaban J connectivity index is 2.49. The van der Waals surface area contributed by atoms with Crippen molar-refractivity contribution in [1.82, 2.24) is 10.3 Å². The minimum atomic E-state index is 0.555. The summed E-state index contributed by atoms with van der Waals surface area (Å²) in [7, 11) is 1.97. The first-order valence-corrected chi connectivity index (χ1v) is 6.78. The van der Waals surface area contributed by atoms with Crippen LogP contribution in [0.5, 0.6) is 0 Å². The minimum Gasteiger partial charge on any atom is -0.316 e. The number of thioether (sulfide) groups is 1. The Morgan fingerprint density at radius 3 is 2.76 bits per heavy atom. The van der Waals surface area contributed by atoms with Gasteiger partial charge in [0.2, 0.25) is 0 Å². The molecule has 0 amide bonds. The van der Waals surface area contributed by atoms with Crippen LogP contribution in [0.2, 0.25) is 0 Å². The Morgan fingerprint density at radius 1 is 1.29 bits per heavy atom. The zero-order chi connectivity index (χ0) is 12.3. The lowest BCUT2D eigenvalue weighted by atomic mass is 10.1. The van der Waals surface area contributed by atoms with E-state index in [9.17, 15) is 0 Å². The van der Waals surface area contributed by atoms with Gasteiger partial charge in [-0.05, 0) is 24.7 Å². The first-order chi connectivity index (χ1) is 8.20. The predicted molar refractivity (Wildman–Crippen MR) is 75.5 cm³/mol. The maximum atomic E-state index is 4.76. The van der Waals surface area contributed by atoms with Gasteiger partial charge in [0.05, 0.1) is 5.52 Å². The normalized spacial score (nSPS) is 11.3. The summed E-state index contributed by atoms with van der Waals surface area (Å²) in [5, 5.41) is 6.12. The molecule has 3 heteroatoms. The molecule has 90 valence electrons. The molecule has 0 saturated heterocycles. The van der Waals surface area contributed by atoms with Gasteiger partial charge >= 0.3 is 0 Å². The number of benzene rings is 1. The van der Waals surface area contributed by atoms with Crippen molar-refractivity contribution in [3.63, 3.8) is 0 Å². The standard InChI is InChI=1S/C14H18N2S/c1-10(2)17-14-12(9-15-3)8-11-6-4-5-7-13(11)16-14/h4-8,10,15H,9H2,1-3H3. The van der Waals surface area contributed by atoms with Gasteiger partial charge in [-0.3, -0.25) is 0 Å². The van der Waals surface area contributed by atoms with E-state index in [1.165, 1.54) is 10.9 Å². The van der Waals surface area contributed by atoms with E-state index in [2.05, 4.69) is 43.4 Å². The molecule has 1 aromatic carbocycles. The van der Waals surface area contributed by atoms with Gasteiger partial charge in [-0.25, -0.2) is 4.98 Å². The highest BCUT2D eigenvalue weighted by molar-refractivity contribution is 7.99. The number of hydrogen-bond donors (Lipinski definition) is 1. The zero-order valence-electron chi connectivity index (χ0n) is 10.5. The molecule has 1 N–H and O–H groups in total. The van der Waals surface area contributed by atoms with Crippen LogP contribution in [0, 0.1) is 0 Å². The molecule has 1 aromatic heterocycles. The van der Waals surface area contributed by atoms with E-state index in [0.29, 0.717) is 5.25 Å². The number of pyridine rings is 1. The maximum absolute atomic E-state index is 4.76. The molecule has 2 rings (SSSR count). The summed E-state index contributed by atoms with van der Waals surface area (Å²) in [4.78, 5) is 4.76. The molecule has 2 aromatic rings. The highest BCUT2D eigenvalue weighted by atomic mass is 32.2. The van der Waals surface area contributed by atoms with Crippen molar-refractivity contribution in [3.8, 4) is 0 Å². The van der Waals surface area contributed by atoms with E-state index < -0.39 is 0 Å². The Bertz CT molecular complexity index is 509. The van der Waals surface area contributed by atoms with E-state index in [4.69, 9.17) is 4.98 Å². The van der Waals surface area contributed by atoms with Crippen LogP contribution in [0.4, 0.5) is 0 Å². The Hall–Kier alpha value is -1.06. The average Bonchev–Trinajstić information content (AvgIpc) is 2.29. The second-order valence-electron chi connectivity index (χ2n) is 4.34. The van der Waals surface area contributed by atoms with Crippen molar-refractivity contribution in [2.75, 3.05) is 7.05 Å². The smallest absolute Gasteiger partial charge is 0.101 e. The molecule has 0 radical (unpaired) electrons. The molecular formula is C14H18N2S. The molecule has 0 aliphatic rings. The van der Waals surface area contributed by atoms with Crippen LogP contribution in [0.1, 0.15) is 19.4 Å². The Kier molecular flexibility index (Phi) is 4.02. The summed E-state index contributed by atoms with van der Waals surface area (Å²) in [6.07, 6.45) is 0. The van der Waals surface area contributed by atoms with Gasteiger partial charge < -0.3 is 5.32 Å².